The van der Waals surface area contributed by atoms with Gasteiger partial charge < -0.3 is 15.8 Å². The molecule has 3 heteroatoms. The number of aromatic nitrogens is 1. The molecule has 0 unspecified atom stereocenters. The molecule has 1 saturated carbocycles. The van der Waals surface area contributed by atoms with Crippen LogP contribution in [0.5, 0.6) is 0 Å². The third-order valence-electron chi connectivity index (χ3n) is 3.98. The monoisotopic (exact) mass is 230 g/mol. The van der Waals surface area contributed by atoms with Gasteiger partial charge in [-0.1, -0.05) is 12.1 Å². The van der Waals surface area contributed by atoms with Gasteiger partial charge in [-0.05, 0) is 43.4 Å². The summed E-state index contributed by atoms with van der Waals surface area (Å²) in [5.41, 5.74) is 8.61. The molecular formula is C14H18N2O. The molecule has 0 aliphatic heterocycles. The number of aliphatic hydroxyl groups is 1. The van der Waals surface area contributed by atoms with Crippen molar-refractivity contribution in [1.29, 1.82) is 0 Å². The highest BCUT2D eigenvalue weighted by atomic mass is 16.3. The molecule has 1 aliphatic rings. The first kappa shape index (κ1) is 10.8. The van der Waals surface area contributed by atoms with Crippen molar-refractivity contribution in [1.82, 2.24) is 4.98 Å². The smallest absolute Gasteiger partial charge is 0.0541 e. The molecule has 0 radical (unpaired) electrons. The van der Waals surface area contributed by atoms with Crippen molar-refractivity contribution in [2.24, 2.45) is 5.73 Å². The average Bonchev–Trinajstić information content (AvgIpc) is 2.81. The topological polar surface area (TPSA) is 62.0 Å². The zero-order valence-corrected chi connectivity index (χ0v) is 9.82. The van der Waals surface area contributed by atoms with Crippen molar-refractivity contribution in [3.8, 4) is 0 Å². The van der Waals surface area contributed by atoms with E-state index < -0.39 is 0 Å². The SMILES string of the molecule is NC1(c2cccc3[nH]ccc23)CCC(O)CC1. The standard InChI is InChI=1S/C14H18N2O/c15-14(7-4-10(17)5-8-14)12-2-1-3-13-11(12)6-9-16-13/h1-3,6,9-10,16-17H,4-5,7-8,15H2. The summed E-state index contributed by atoms with van der Waals surface area (Å²) in [7, 11) is 0. The molecule has 3 nitrogen and oxygen atoms in total. The number of hydrogen-bond donors (Lipinski definition) is 3. The van der Waals surface area contributed by atoms with Crippen LogP contribution in [-0.4, -0.2) is 16.2 Å². The lowest BCUT2D eigenvalue weighted by molar-refractivity contribution is 0.0973. The summed E-state index contributed by atoms with van der Waals surface area (Å²) in [6.45, 7) is 0. The van der Waals surface area contributed by atoms with Crippen LogP contribution in [0.1, 0.15) is 31.2 Å². The largest absolute Gasteiger partial charge is 0.393 e. The van der Waals surface area contributed by atoms with Crippen LogP contribution in [-0.2, 0) is 5.54 Å². The normalized spacial score (nSPS) is 29.6. The van der Waals surface area contributed by atoms with Crippen LogP contribution in [0.4, 0.5) is 0 Å². The van der Waals surface area contributed by atoms with E-state index in [1.165, 1.54) is 10.9 Å². The zero-order chi connectivity index (χ0) is 11.9. The summed E-state index contributed by atoms with van der Waals surface area (Å²) in [5.74, 6) is 0. The van der Waals surface area contributed by atoms with Gasteiger partial charge in [-0.15, -0.1) is 0 Å². The van der Waals surface area contributed by atoms with E-state index in [2.05, 4.69) is 23.2 Å². The molecule has 1 aliphatic carbocycles. The van der Waals surface area contributed by atoms with Crippen LogP contribution in [0.25, 0.3) is 10.9 Å². The molecule has 0 atom stereocenters. The second kappa shape index (κ2) is 3.86. The van der Waals surface area contributed by atoms with Crippen molar-refractivity contribution in [2.75, 3.05) is 0 Å². The molecule has 0 bridgehead atoms. The summed E-state index contributed by atoms with van der Waals surface area (Å²) in [5, 5.41) is 10.8. The fourth-order valence-electron chi connectivity index (χ4n) is 2.91. The second-order valence-corrected chi connectivity index (χ2v) is 5.13. The van der Waals surface area contributed by atoms with Crippen LogP contribution in [0, 0.1) is 0 Å². The van der Waals surface area contributed by atoms with E-state index in [-0.39, 0.29) is 11.6 Å². The minimum absolute atomic E-state index is 0.169. The fourth-order valence-corrected chi connectivity index (χ4v) is 2.91. The molecule has 4 N–H and O–H groups in total. The minimum Gasteiger partial charge on any atom is -0.393 e. The van der Waals surface area contributed by atoms with Crippen molar-refractivity contribution in [2.45, 2.75) is 37.3 Å². The third-order valence-corrected chi connectivity index (χ3v) is 3.98. The van der Waals surface area contributed by atoms with Crippen molar-refractivity contribution < 1.29 is 5.11 Å². The van der Waals surface area contributed by atoms with Gasteiger partial charge in [0.15, 0.2) is 0 Å². The Morgan fingerprint density at radius 1 is 1.24 bits per heavy atom. The Bertz CT molecular complexity index is 524. The number of hydrogen-bond acceptors (Lipinski definition) is 2. The van der Waals surface area contributed by atoms with Crippen molar-refractivity contribution in [3.05, 3.63) is 36.0 Å². The Kier molecular flexibility index (Phi) is 2.45. The van der Waals surface area contributed by atoms with E-state index in [1.807, 2.05) is 12.3 Å². The highest BCUT2D eigenvalue weighted by Gasteiger charge is 2.33. The number of aliphatic hydroxyl groups excluding tert-OH is 1. The number of rotatable bonds is 1. The Hall–Kier alpha value is -1.32. The van der Waals surface area contributed by atoms with E-state index >= 15 is 0 Å². The molecular weight excluding hydrogens is 212 g/mol. The lowest BCUT2D eigenvalue weighted by atomic mass is 9.75. The summed E-state index contributed by atoms with van der Waals surface area (Å²) in [6.07, 6.45) is 5.11. The highest BCUT2D eigenvalue weighted by molar-refractivity contribution is 5.83. The van der Waals surface area contributed by atoms with E-state index in [4.69, 9.17) is 5.73 Å². The van der Waals surface area contributed by atoms with Gasteiger partial charge in [0.05, 0.1) is 6.10 Å². The summed E-state index contributed by atoms with van der Waals surface area (Å²) in [4.78, 5) is 3.22. The third kappa shape index (κ3) is 1.75. The first-order chi connectivity index (χ1) is 8.19. The predicted octanol–water partition coefficient (Wildman–Crippen LogP) is 2.26. The predicted molar refractivity (Wildman–Crippen MR) is 68.6 cm³/mol. The number of nitrogens with two attached hydrogens (primary N) is 1. The molecule has 1 aromatic heterocycles. The molecule has 0 amide bonds. The van der Waals surface area contributed by atoms with E-state index in [1.54, 1.807) is 0 Å². The summed E-state index contributed by atoms with van der Waals surface area (Å²) in [6, 6.07) is 8.33. The molecule has 1 fully saturated rings. The fraction of sp³-hybridized carbons (Fsp3) is 0.429. The number of H-pyrrole nitrogens is 1. The number of aromatic amines is 1. The maximum Gasteiger partial charge on any atom is 0.0541 e. The van der Waals surface area contributed by atoms with Gasteiger partial charge >= 0.3 is 0 Å². The van der Waals surface area contributed by atoms with Crippen LogP contribution in [0.15, 0.2) is 30.5 Å². The number of fused-ring (bicyclic) bond motifs is 1. The summed E-state index contributed by atoms with van der Waals surface area (Å²) >= 11 is 0. The molecule has 3 rings (SSSR count). The van der Waals surface area contributed by atoms with Gasteiger partial charge in [0.1, 0.15) is 0 Å². The Morgan fingerprint density at radius 3 is 2.76 bits per heavy atom. The maximum absolute atomic E-state index is 9.60. The van der Waals surface area contributed by atoms with Gasteiger partial charge in [-0.3, -0.25) is 0 Å². The van der Waals surface area contributed by atoms with E-state index in [9.17, 15) is 5.11 Å². The molecule has 17 heavy (non-hydrogen) atoms. The quantitative estimate of drug-likeness (QED) is 0.703. The zero-order valence-electron chi connectivity index (χ0n) is 9.82. The molecule has 2 aromatic rings. The first-order valence-electron chi connectivity index (χ1n) is 6.23. The van der Waals surface area contributed by atoms with Crippen LogP contribution in [0.3, 0.4) is 0 Å². The van der Waals surface area contributed by atoms with Gasteiger partial charge in [-0.2, -0.15) is 0 Å². The van der Waals surface area contributed by atoms with Crippen molar-refractivity contribution >= 4 is 10.9 Å². The van der Waals surface area contributed by atoms with Gasteiger partial charge in [0, 0.05) is 22.6 Å². The summed E-state index contributed by atoms with van der Waals surface area (Å²) < 4.78 is 0. The lowest BCUT2D eigenvalue weighted by Crippen LogP contribution is -2.41. The van der Waals surface area contributed by atoms with Crippen LogP contribution >= 0.6 is 0 Å². The average molecular weight is 230 g/mol. The molecule has 90 valence electrons. The Morgan fingerprint density at radius 2 is 2.00 bits per heavy atom. The van der Waals surface area contributed by atoms with Crippen LogP contribution < -0.4 is 5.73 Å². The lowest BCUT2D eigenvalue weighted by Gasteiger charge is -2.36. The van der Waals surface area contributed by atoms with E-state index in [0.29, 0.717) is 0 Å². The molecule has 1 heterocycles. The first-order valence-corrected chi connectivity index (χ1v) is 6.23. The number of benzene rings is 1. The van der Waals surface area contributed by atoms with Gasteiger partial charge in [-0.25, -0.2) is 0 Å². The Balaban J connectivity index is 2.05. The molecule has 0 saturated heterocycles. The maximum atomic E-state index is 9.60. The van der Waals surface area contributed by atoms with Gasteiger partial charge in [0.2, 0.25) is 0 Å². The molecule has 0 spiro atoms. The van der Waals surface area contributed by atoms with E-state index in [0.717, 1.165) is 31.2 Å². The van der Waals surface area contributed by atoms with Crippen molar-refractivity contribution in [3.63, 3.8) is 0 Å². The second-order valence-electron chi connectivity index (χ2n) is 5.13. The Labute approximate surface area is 101 Å². The van der Waals surface area contributed by atoms with Gasteiger partial charge in [0.25, 0.3) is 0 Å². The minimum atomic E-state index is -0.277. The number of nitrogens with one attached hydrogen (secondary N) is 1. The molecule has 1 aromatic carbocycles. The van der Waals surface area contributed by atoms with Crippen LogP contribution in [0.2, 0.25) is 0 Å². The highest BCUT2D eigenvalue weighted by Crippen LogP contribution is 2.37.